The van der Waals surface area contributed by atoms with Crippen molar-refractivity contribution in [3.8, 4) is 6.07 Å². The third-order valence-corrected chi connectivity index (χ3v) is 6.01. The zero-order valence-corrected chi connectivity index (χ0v) is 19.0. The highest BCUT2D eigenvalue weighted by molar-refractivity contribution is 8.00. The Labute approximate surface area is 203 Å². The molecule has 1 aromatic heterocycles. The Morgan fingerprint density at radius 1 is 1.09 bits per heavy atom. The summed E-state index contributed by atoms with van der Waals surface area (Å²) in [7, 11) is 0. The molecular formula is C25H18F2N4O3S. The number of amides is 1. The van der Waals surface area contributed by atoms with Gasteiger partial charge in [-0.05, 0) is 42.5 Å². The summed E-state index contributed by atoms with van der Waals surface area (Å²) in [6, 6.07) is 21.5. The minimum absolute atomic E-state index is 0.00223. The van der Waals surface area contributed by atoms with Crippen LogP contribution in [0.25, 0.3) is 11.0 Å². The van der Waals surface area contributed by atoms with E-state index in [4.69, 9.17) is 10.00 Å². The Morgan fingerprint density at radius 3 is 2.66 bits per heavy atom. The van der Waals surface area contributed by atoms with Crippen molar-refractivity contribution in [1.82, 2.24) is 9.55 Å². The van der Waals surface area contributed by atoms with Crippen molar-refractivity contribution in [2.45, 2.75) is 18.1 Å². The number of aromatic nitrogens is 2. The van der Waals surface area contributed by atoms with E-state index in [0.29, 0.717) is 21.7 Å². The van der Waals surface area contributed by atoms with Gasteiger partial charge in [-0.1, -0.05) is 30.3 Å². The maximum atomic E-state index is 13.6. The fourth-order valence-corrected chi connectivity index (χ4v) is 4.23. The third kappa shape index (κ3) is 5.65. The van der Waals surface area contributed by atoms with Crippen LogP contribution in [0.2, 0.25) is 0 Å². The second-order valence-electron chi connectivity index (χ2n) is 7.27. The highest BCUT2D eigenvalue weighted by atomic mass is 32.2. The first-order chi connectivity index (χ1) is 17.0. The summed E-state index contributed by atoms with van der Waals surface area (Å²) < 4.78 is 33.2. The summed E-state index contributed by atoms with van der Waals surface area (Å²) >= 11 is 1.13. The monoisotopic (exact) mass is 492 g/mol. The van der Waals surface area contributed by atoms with Crippen molar-refractivity contribution in [3.05, 3.63) is 89.7 Å². The summed E-state index contributed by atoms with van der Waals surface area (Å²) in [4.78, 5) is 29.8. The molecule has 0 aliphatic heterocycles. The summed E-state index contributed by atoms with van der Waals surface area (Å²) in [6.07, 6.45) is 0. The molecule has 1 N–H and O–H groups in total. The van der Waals surface area contributed by atoms with E-state index in [1.54, 1.807) is 60.7 Å². The number of anilines is 1. The number of benzene rings is 3. The van der Waals surface area contributed by atoms with E-state index in [1.165, 1.54) is 12.1 Å². The second kappa shape index (κ2) is 10.8. The lowest BCUT2D eigenvalue weighted by atomic mass is 10.2. The molecule has 3 aromatic carbocycles. The molecule has 0 spiro atoms. The summed E-state index contributed by atoms with van der Waals surface area (Å²) in [5.41, 5.74) is 1.74. The average molecular weight is 493 g/mol. The molecule has 0 atom stereocenters. The van der Waals surface area contributed by atoms with Crippen molar-refractivity contribution in [2.75, 3.05) is 11.1 Å². The zero-order valence-electron chi connectivity index (χ0n) is 18.2. The Kier molecular flexibility index (Phi) is 7.38. The van der Waals surface area contributed by atoms with Gasteiger partial charge in [-0.3, -0.25) is 9.36 Å². The molecule has 4 aromatic rings. The molecule has 0 saturated heterocycles. The third-order valence-electron chi connectivity index (χ3n) is 4.94. The minimum atomic E-state index is -2.84. The van der Waals surface area contributed by atoms with Crippen molar-refractivity contribution < 1.29 is 23.1 Å². The van der Waals surface area contributed by atoms with Crippen molar-refractivity contribution >= 4 is 40.4 Å². The molecule has 1 heterocycles. The SMILES string of the molecule is N#Cc1cccc(NC(=O)CSc2ccccc2C(=O)OCc2nc3ccccc3n2C(F)F)c1. The Bertz CT molecular complexity index is 1430. The van der Waals surface area contributed by atoms with Gasteiger partial charge in [0.15, 0.2) is 5.82 Å². The van der Waals surface area contributed by atoms with Crippen LogP contribution in [-0.4, -0.2) is 27.2 Å². The molecule has 0 aliphatic rings. The molecule has 0 aliphatic carbocycles. The highest BCUT2D eigenvalue weighted by Crippen LogP contribution is 2.26. The van der Waals surface area contributed by atoms with Crippen LogP contribution in [0.5, 0.6) is 0 Å². The van der Waals surface area contributed by atoms with Gasteiger partial charge in [-0.15, -0.1) is 11.8 Å². The fraction of sp³-hybridized carbons (Fsp3) is 0.120. The number of nitrogens with one attached hydrogen (secondary N) is 1. The average Bonchev–Trinajstić information content (AvgIpc) is 3.25. The number of thioether (sulfide) groups is 1. The van der Waals surface area contributed by atoms with Gasteiger partial charge in [0.2, 0.25) is 5.91 Å². The number of carbonyl (C=O) groups excluding carboxylic acids is 2. The van der Waals surface area contributed by atoms with Gasteiger partial charge < -0.3 is 10.1 Å². The molecule has 35 heavy (non-hydrogen) atoms. The standard InChI is InChI=1S/C25H18F2N4O3S/c26-25(27)31-20-10-3-2-9-19(20)30-22(31)14-34-24(33)18-8-1-4-11-21(18)35-15-23(32)29-17-7-5-6-16(12-17)13-28/h1-12,25H,14-15H2,(H,29,32). The van der Waals surface area contributed by atoms with E-state index >= 15 is 0 Å². The largest absolute Gasteiger partial charge is 0.454 e. The number of carbonyl (C=O) groups is 2. The van der Waals surface area contributed by atoms with E-state index in [2.05, 4.69) is 10.3 Å². The van der Waals surface area contributed by atoms with Crippen LogP contribution in [0, 0.1) is 11.3 Å². The topological polar surface area (TPSA) is 97.0 Å². The molecule has 176 valence electrons. The number of nitrogens with zero attached hydrogens (tertiary/aromatic N) is 3. The Balaban J connectivity index is 1.42. The number of halogens is 2. The summed E-state index contributed by atoms with van der Waals surface area (Å²) in [6.45, 7) is -3.28. The van der Waals surface area contributed by atoms with Gasteiger partial charge in [0.25, 0.3) is 0 Å². The predicted octanol–water partition coefficient (Wildman–Crippen LogP) is 5.39. The molecule has 0 radical (unpaired) electrons. The molecule has 0 saturated carbocycles. The molecular weight excluding hydrogens is 474 g/mol. The number of hydrogen-bond donors (Lipinski definition) is 1. The number of esters is 1. The quantitative estimate of drug-likeness (QED) is 0.262. The number of imidazole rings is 1. The maximum absolute atomic E-state index is 13.6. The van der Waals surface area contributed by atoms with E-state index in [1.807, 2.05) is 6.07 Å². The van der Waals surface area contributed by atoms with Gasteiger partial charge >= 0.3 is 12.5 Å². The van der Waals surface area contributed by atoms with Gasteiger partial charge in [0, 0.05) is 10.6 Å². The first kappa shape index (κ1) is 23.9. The minimum Gasteiger partial charge on any atom is -0.454 e. The van der Waals surface area contributed by atoms with E-state index in [9.17, 15) is 18.4 Å². The summed E-state index contributed by atoms with van der Waals surface area (Å²) in [5.74, 6) is -1.11. The van der Waals surface area contributed by atoms with Crippen LogP contribution in [0.3, 0.4) is 0 Å². The van der Waals surface area contributed by atoms with Crippen LogP contribution in [-0.2, 0) is 16.1 Å². The van der Waals surface area contributed by atoms with Crippen LogP contribution in [0.4, 0.5) is 14.5 Å². The maximum Gasteiger partial charge on any atom is 0.339 e. The highest BCUT2D eigenvalue weighted by Gasteiger charge is 2.20. The second-order valence-corrected chi connectivity index (χ2v) is 8.28. The smallest absolute Gasteiger partial charge is 0.339 e. The molecule has 0 bridgehead atoms. The van der Waals surface area contributed by atoms with Crippen LogP contribution in [0.15, 0.2) is 77.7 Å². The zero-order chi connectivity index (χ0) is 24.8. The van der Waals surface area contributed by atoms with E-state index < -0.39 is 19.1 Å². The molecule has 7 nitrogen and oxygen atoms in total. The number of fused-ring (bicyclic) bond motifs is 1. The van der Waals surface area contributed by atoms with Gasteiger partial charge in [0.05, 0.1) is 34.0 Å². The lowest BCUT2D eigenvalue weighted by molar-refractivity contribution is -0.113. The Morgan fingerprint density at radius 2 is 1.86 bits per heavy atom. The number of nitriles is 1. The van der Waals surface area contributed by atoms with Gasteiger partial charge in [0.1, 0.15) is 6.61 Å². The number of alkyl halides is 2. The first-order valence-electron chi connectivity index (χ1n) is 10.4. The fourth-order valence-electron chi connectivity index (χ4n) is 3.39. The molecule has 1 amide bonds. The molecule has 0 fully saturated rings. The van der Waals surface area contributed by atoms with Crippen molar-refractivity contribution in [2.24, 2.45) is 0 Å². The van der Waals surface area contributed by atoms with Gasteiger partial charge in [-0.2, -0.15) is 14.0 Å². The van der Waals surface area contributed by atoms with E-state index in [0.717, 1.165) is 16.3 Å². The predicted molar refractivity (Wildman–Crippen MR) is 127 cm³/mol. The normalized spacial score (nSPS) is 10.8. The first-order valence-corrected chi connectivity index (χ1v) is 11.4. The van der Waals surface area contributed by atoms with Gasteiger partial charge in [-0.25, -0.2) is 9.78 Å². The van der Waals surface area contributed by atoms with Crippen LogP contribution < -0.4 is 5.32 Å². The summed E-state index contributed by atoms with van der Waals surface area (Å²) in [5, 5.41) is 11.7. The van der Waals surface area contributed by atoms with E-state index in [-0.39, 0.29) is 28.6 Å². The number of hydrogen-bond acceptors (Lipinski definition) is 6. The van der Waals surface area contributed by atoms with Crippen LogP contribution in [0.1, 0.15) is 28.3 Å². The molecule has 4 rings (SSSR count). The lowest BCUT2D eigenvalue weighted by Crippen LogP contribution is -2.15. The number of para-hydroxylation sites is 2. The Hall–Kier alpha value is -4.23. The van der Waals surface area contributed by atoms with Crippen LogP contribution >= 0.6 is 11.8 Å². The number of rotatable bonds is 8. The number of ether oxygens (including phenoxy) is 1. The van der Waals surface area contributed by atoms with Crippen molar-refractivity contribution in [3.63, 3.8) is 0 Å². The van der Waals surface area contributed by atoms with Crippen molar-refractivity contribution in [1.29, 1.82) is 5.26 Å². The molecule has 0 unspecified atom stereocenters. The molecule has 10 heteroatoms. The lowest BCUT2D eigenvalue weighted by Gasteiger charge is -2.11.